The number of benzene rings is 2. The third-order valence-electron chi connectivity index (χ3n) is 6.53. The third kappa shape index (κ3) is 9.48. The summed E-state index contributed by atoms with van der Waals surface area (Å²) in [5.74, 6) is 0.832. The fraction of sp³-hybridized carbons (Fsp3) is 0.290. The molecule has 0 bridgehead atoms. The Morgan fingerprint density at radius 3 is 2.60 bits per heavy atom. The number of halogens is 2. The lowest BCUT2D eigenvalue weighted by molar-refractivity contribution is 0.103. The van der Waals surface area contributed by atoms with Crippen molar-refractivity contribution in [2.45, 2.75) is 13.3 Å². The molecule has 17 heteroatoms. The molecule has 0 aliphatic heterocycles. The van der Waals surface area contributed by atoms with Gasteiger partial charge in [0.05, 0.1) is 29.0 Å². The van der Waals surface area contributed by atoms with Gasteiger partial charge in [-0.2, -0.15) is 19.6 Å². The van der Waals surface area contributed by atoms with Gasteiger partial charge >= 0.3 is 12.1 Å². The molecule has 48 heavy (non-hydrogen) atoms. The van der Waals surface area contributed by atoms with Crippen molar-refractivity contribution < 1.29 is 18.6 Å². The quantitative estimate of drug-likeness (QED) is 0.0675. The Labute approximate surface area is 284 Å². The minimum absolute atomic E-state index is 0.0746. The maximum absolute atomic E-state index is 13.8. The Morgan fingerprint density at radius 1 is 0.938 bits per heavy atom. The first-order valence-electron chi connectivity index (χ1n) is 14.8. The van der Waals surface area contributed by atoms with Crippen molar-refractivity contribution >= 4 is 67.2 Å². The number of hydrogen-bond donors (Lipinski definition) is 3. The van der Waals surface area contributed by atoms with Crippen LogP contribution >= 0.6 is 22.9 Å². The zero-order chi connectivity index (χ0) is 33.7. The molecule has 2 aromatic carbocycles. The van der Waals surface area contributed by atoms with Crippen molar-refractivity contribution in [2.24, 2.45) is 10.2 Å². The number of para-hydroxylation sites is 1. The minimum Gasteiger partial charge on any atom is -0.461 e. The molecule has 0 aliphatic rings. The lowest BCUT2D eigenvalue weighted by atomic mass is 10.1. The number of nitrogens with zero attached hydrogens (tertiary/aromatic N) is 8. The van der Waals surface area contributed by atoms with Gasteiger partial charge in [-0.15, -0.1) is 15.2 Å². The highest BCUT2D eigenvalue weighted by molar-refractivity contribution is 7.21. The highest BCUT2D eigenvalue weighted by Crippen LogP contribution is 2.37. The summed E-state index contributed by atoms with van der Waals surface area (Å²) in [4.78, 5) is 20.5. The fourth-order valence-electron chi connectivity index (χ4n) is 4.27. The molecule has 3 aromatic heterocycles. The molecule has 0 fully saturated rings. The molecule has 0 amide bonds. The average Bonchev–Trinajstić information content (AvgIpc) is 3.48. The molecular formula is C31H31ClFN11O3S. The van der Waals surface area contributed by atoms with Crippen molar-refractivity contribution in [3.63, 3.8) is 0 Å². The van der Waals surface area contributed by atoms with Gasteiger partial charge in [0.15, 0.2) is 11.6 Å². The zero-order valence-electron chi connectivity index (χ0n) is 26.0. The lowest BCUT2D eigenvalue weighted by Crippen LogP contribution is -2.16. The molecule has 0 saturated heterocycles. The second-order valence-corrected chi connectivity index (χ2v) is 11.4. The Hall–Kier alpha value is -5.08. The second kappa shape index (κ2) is 17.2. The van der Waals surface area contributed by atoms with E-state index in [2.05, 4.69) is 52.2 Å². The first-order valence-corrected chi connectivity index (χ1v) is 16.0. The molecule has 0 aliphatic carbocycles. The second-order valence-electron chi connectivity index (χ2n) is 9.94. The first-order chi connectivity index (χ1) is 23.4. The van der Waals surface area contributed by atoms with Gasteiger partial charge in [0.2, 0.25) is 11.1 Å². The van der Waals surface area contributed by atoms with E-state index in [0.717, 1.165) is 15.9 Å². The molecule has 0 atom stereocenters. The van der Waals surface area contributed by atoms with Crippen LogP contribution in [0.1, 0.15) is 17.5 Å². The van der Waals surface area contributed by atoms with Crippen LogP contribution in [0, 0.1) is 24.3 Å². The number of fused-ring (bicyclic) bond motifs is 1. The van der Waals surface area contributed by atoms with Gasteiger partial charge in [-0.05, 0) is 43.7 Å². The van der Waals surface area contributed by atoms with Crippen LogP contribution in [0.3, 0.4) is 0 Å². The molecule has 0 spiro atoms. The largest absolute Gasteiger partial charge is 0.461 e. The zero-order valence-corrected chi connectivity index (χ0v) is 27.6. The van der Waals surface area contributed by atoms with Crippen LogP contribution in [0.5, 0.6) is 6.01 Å². The number of rotatable bonds is 17. The Morgan fingerprint density at radius 2 is 1.79 bits per heavy atom. The average molecular weight is 692 g/mol. The third-order valence-corrected chi connectivity index (χ3v) is 7.67. The molecule has 5 rings (SSSR count). The summed E-state index contributed by atoms with van der Waals surface area (Å²) in [7, 11) is 1.60. The number of thiazole rings is 1. The minimum atomic E-state index is -0.953. The number of hydrogen-bond acceptors (Lipinski definition) is 15. The number of methoxy groups -OCH3 is 1. The predicted molar refractivity (Wildman–Crippen MR) is 182 cm³/mol. The Balaban J connectivity index is 1.24. The van der Waals surface area contributed by atoms with Gasteiger partial charge in [-0.3, -0.25) is 0 Å². The molecule has 14 nitrogen and oxygen atoms in total. The van der Waals surface area contributed by atoms with Gasteiger partial charge in [-0.25, -0.2) is 9.97 Å². The van der Waals surface area contributed by atoms with Gasteiger partial charge in [0.25, 0.3) is 0 Å². The molecule has 0 saturated carbocycles. The van der Waals surface area contributed by atoms with E-state index in [4.69, 9.17) is 30.8 Å². The topological polar surface area (TPSA) is 177 Å². The van der Waals surface area contributed by atoms with E-state index in [1.807, 2.05) is 42.5 Å². The van der Waals surface area contributed by atoms with Crippen LogP contribution in [-0.4, -0.2) is 71.5 Å². The Bertz CT molecular complexity index is 1910. The fourth-order valence-corrected chi connectivity index (χ4v) is 5.34. The smallest absolute Gasteiger partial charge is 0.323 e. The molecule has 0 radical (unpaired) electrons. The number of azo groups is 1. The number of ether oxygens (including phenoxy) is 3. The van der Waals surface area contributed by atoms with Gasteiger partial charge < -0.3 is 30.2 Å². The first kappa shape index (κ1) is 34.3. The van der Waals surface area contributed by atoms with E-state index in [1.54, 1.807) is 20.1 Å². The maximum Gasteiger partial charge on any atom is 0.323 e. The van der Waals surface area contributed by atoms with Crippen molar-refractivity contribution in [3.8, 4) is 12.1 Å². The van der Waals surface area contributed by atoms with Crippen LogP contribution < -0.4 is 20.7 Å². The van der Waals surface area contributed by atoms with E-state index in [0.29, 0.717) is 64.7 Å². The molecule has 248 valence electrons. The highest BCUT2D eigenvalue weighted by Gasteiger charge is 2.18. The summed E-state index contributed by atoms with van der Waals surface area (Å²) in [6, 6.07) is 16.9. The number of nitriles is 1. The number of nitrogens with one attached hydrogen (secondary N) is 3. The summed E-state index contributed by atoms with van der Waals surface area (Å²) in [6.07, 6.45) is -0.251. The van der Waals surface area contributed by atoms with Gasteiger partial charge in [-0.1, -0.05) is 41.1 Å². The SMILES string of the molecule is COCCCNc1nc(F)nc(OCCOCCNc2nc(Nc3ccccc3)c(C#N)c(C)c2N=Nc2nc3ccc(Cl)cc3s2)n1. The molecule has 5 aromatic rings. The van der Waals surface area contributed by atoms with Crippen molar-refractivity contribution in [1.29, 1.82) is 5.26 Å². The van der Waals surface area contributed by atoms with Crippen molar-refractivity contribution in [1.82, 2.24) is 24.9 Å². The van der Waals surface area contributed by atoms with Crippen molar-refractivity contribution in [3.05, 3.63) is 70.8 Å². The summed E-state index contributed by atoms with van der Waals surface area (Å²) in [5.41, 5.74) is 2.81. The van der Waals surface area contributed by atoms with E-state index >= 15 is 0 Å². The standard InChI is InChI=1S/C31H31ClFN11O3S/c1-19-22(18-34)26(37-21-7-4-3-5-8-21)39-27(25(19)43-44-31-38-23-10-9-20(32)17-24(23)48-31)35-12-14-46-15-16-47-30-41-28(33)40-29(42-30)36-11-6-13-45-2/h3-5,7-10,17H,6,11-16H2,1-2H3,(H2,35,37,39)(H,36,40,41,42). The molecule has 0 unspecified atom stereocenters. The van der Waals surface area contributed by atoms with E-state index in [9.17, 15) is 9.65 Å². The van der Waals surface area contributed by atoms with Gasteiger partial charge in [0.1, 0.15) is 18.4 Å². The summed E-state index contributed by atoms with van der Waals surface area (Å²) in [6.45, 7) is 3.70. The summed E-state index contributed by atoms with van der Waals surface area (Å²) in [5, 5.41) is 29.3. The normalized spacial score (nSPS) is 11.1. The van der Waals surface area contributed by atoms with E-state index in [1.165, 1.54) is 11.3 Å². The molecule has 3 N–H and O–H groups in total. The summed E-state index contributed by atoms with van der Waals surface area (Å²) < 4.78 is 30.8. The molecular weight excluding hydrogens is 661 g/mol. The van der Waals surface area contributed by atoms with Crippen LogP contribution in [0.2, 0.25) is 5.02 Å². The van der Waals surface area contributed by atoms with Gasteiger partial charge in [0, 0.05) is 43.1 Å². The van der Waals surface area contributed by atoms with Crippen molar-refractivity contribution in [2.75, 3.05) is 62.6 Å². The van der Waals surface area contributed by atoms with Crippen LogP contribution in [0.4, 0.5) is 38.5 Å². The van der Waals surface area contributed by atoms with Crippen LogP contribution in [0.15, 0.2) is 58.8 Å². The number of aromatic nitrogens is 5. The number of pyridine rings is 1. The maximum atomic E-state index is 13.8. The van der Waals surface area contributed by atoms with Crippen LogP contribution in [0.25, 0.3) is 10.2 Å². The van der Waals surface area contributed by atoms with Crippen LogP contribution in [-0.2, 0) is 9.47 Å². The monoisotopic (exact) mass is 691 g/mol. The highest BCUT2D eigenvalue weighted by atomic mass is 35.5. The molecule has 3 heterocycles. The van der Waals surface area contributed by atoms with E-state index in [-0.39, 0.29) is 31.8 Å². The number of anilines is 4. The Kier molecular flexibility index (Phi) is 12.3. The summed E-state index contributed by atoms with van der Waals surface area (Å²) >= 11 is 7.47. The van der Waals surface area contributed by atoms with E-state index < -0.39 is 6.08 Å². The predicted octanol–water partition coefficient (Wildman–Crippen LogP) is 6.96. The lowest BCUT2D eigenvalue weighted by Gasteiger charge is -2.15.